The summed E-state index contributed by atoms with van der Waals surface area (Å²) in [5, 5.41) is 2.64. The summed E-state index contributed by atoms with van der Waals surface area (Å²) in [6, 6.07) is 5.54. The van der Waals surface area contributed by atoms with E-state index in [0.717, 1.165) is 0 Å². The van der Waals surface area contributed by atoms with Crippen molar-refractivity contribution in [2.75, 3.05) is 33.3 Å². The fraction of sp³-hybridized carbons (Fsp3) is 0.526. The standard InChI is InChI=1S/C19H27N3O6S/c1-5-19(3,18(25)28-4)20-17(24)15-6-8-16(9-7-15)29(26,27)22-12-10-21(11-13-22)14(2)23/h6-9H,5,10-13H2,1-4H3,(H,20,24). The van der Waals surface area contributed by atoms with Gasteiger partial charge in [-0.15, -0.1) is 0 Å². The van der Waals surface area contributed by atoms with Crippen LogP contribution in [0.2, 0.25) is 0 Å². The van der Waals surface area contributed by atoms with Crippen LogP contribution in [0.3, 0.4) is 0 Å². The molecular weight excluding hydrogens is 398 g/mol. The van der Waals surface area contributed by atoms with Crippen molar-refractivity contribution in [3.05, 3.63) is 29.8 Å². The van der Waals surface area contributed by atoms with Gasteiger partial charge in [0.2, 0.25) is 15.9 Å². The number of hydrogen-bond acceptors (Lipinski definition) is 6. The number of sulfonamides is 1. The minimum Gasteiger partial charge on any atom is -0.467 e. The van der Waals surface area contributed by atoms with Gasteiger partial charge in [-0.3, -0.25) is 9.59 Å². The van der Waals surface area contributed by atoms with E-state index in [2.05, 4.69) is 5.32 Å². The molecule has 1 unspecified atom stereocenters. The lowest BCUT2D eigenvalue weighted by Crippen LogP contribution is -2.52. The van der Waals surface area contributed by atoms with Gasteiger partial charge in [-0.2, -0.15) is 4.31 Å². The van der Waals surface area contributed by atoms with Crippen molar-refractivity contribution >= 4 is 27.8 Å². The first-order chi connectivity index (χ1) is 13.5. The molecule has 1 aromatic rings. The molecule has 1 atom stereocenters. The minimum absolute atomic E-state index is 0.0662. The third-order valence-corrected chi connectivity index (χ3v) is 7.08. The quantitative estimate of drug-likeness (QED) is 0.668. The Bertz CT molecular complexity index is 876. The van der Waals surface area contributed by atoms with Gasteiger partial charge in [0.15, 0.2) is 0 Å². The van der Waals surface area contributed by atoms with Crippen molar-refractivity contribution < 1.29 is 27.5 Å². The maximum Gasteiger partial charge on any atom is 0.331 e. The van der Waals surface area contributed by atoms with Crippen LogP contribution in [0.5, 0.6) is 0 Å². The zero-order valence-corrected chi connectivity index (χ0v) is 17.9. The predicted molar refractivity (Wildman–Crippen MR) is 106 cm³/mol. The molecular formula is C19H27N3O6S. The van der Waals surface area contributed by atoms with Crippen LogP contribution in [0.15, 0.2) is 29.2 Å². The molecule has 0 saturated carbocycles. The molecule has 1 aliphatic heterocycles. The molecule has 0 aliphatic carbocycles. The van der Waals surface area contributed by atoms with Crippen LogP contribution in [0.25, 0.3) is 0 Å². The van der Waals surface area contributed by atoms with Crippen molar-refractivity contribution in [3.63, 3.8) is 0 Å². The van der Waals surface area contributed by atoms with Crippen molar-refractivity contribution in [1.82, 2.24) is 14.5 Å². The molecule has 1 N–H and O–H groups in total. The van der Waals surface area contributed by atoms with Crippen LogP contribution in [0.1, 0.15) is 37.6 Å². The number of piperazine rings is 1. The highest BCUT2D eigenvalue weighted by Gasteiger charge is 2.34. The molecule has 160 valence electrons. The van der Waals surface area contributed by atoms with Gasteiger partial charge in [-0.1, -0.05) is 6.92 Å². The largest absolute Gasteiger partial charge is 0.467 e. The third-order valence-electron chi connectivity index (χ3n) is 5.17. The van der Waals surface area contributed by atoms with Gasteiger partial charge in [-0.05, 0) is 37.6 Å². The number of esters is 1. The van der Waals surface area contributed by atoms with E-state index in [1.165, 1.54) is 42.6 Å². The van der Waals surface area contributed by atoms with E-state index < -0.39 is 27.4 Å². The third kappa shape index (κ3) is 4.94. The Kier molecular flexibility index (Phi) is 7.02. The Hall–Kier alpha value is -2.46. The van der Waals surface area contributed by atoms with Crippen LogP contribution in [0.4, 0.5) is 0 Å². The molecule has 1 aromatic carbocycles. The molecule has 0 radical (unpaired) electrons. The highest BCUT2D eigenvalue weighted by atomic mass is 32.2. The molecule has 0 aromatic heterocycles. The number of amides is 2. The zero-order valence-electron chi connectivity index (χ0n) is 17.1. The van der Waals surface area contributed by atoms with E-state index in [9.17, 15) is 22.8 Å². The van der Waals surface area contributed by atoms with E-state index in [0.29, 0.717) is 19.5 Å². The van der Waals surface area contributed by atoms with Gasteiger partial charge in [-0.25, -0.2) is 13.2 Å². The van der Waals surface area contributed by atoms with E-state index in [1.54, 1.807) is 18.7 Å². The summed E-state index contributed by atoms with van der Waals surface area (Å²) in [4.78, 5) is 37.5. The molecule has 1 heterocycles. The monoisotopic (exact) mass is 425 g/mol. The molecule has 1 fully saturated rings. The van der Waals surface area contributed by atoms with Crippen molar-refractivity contribution in [1.29, 1.82) is 0 Å². The van der Waals surface area contributed by atoms with Crippen molar-refractivity contribution in [2.45, 2.75) is 37.6 Å². The number of nitrogens with zero attached hydrogens (tertiary/aromatic N) is 2. The first kappa shape index (κ1) is 22.8. The SMILES string of the molecule is CCC(C)(NC(=O)c1ccc(S(=O)(=O)N2CCN(C(C)=O)CC2)cc1)C(=O)OC. The van der Waals surface area contributed by atoms with Gasteiger partial charge in [0.05, 0.1) is 12.0 Å². The number of rotatable bonds is 6. The van der Waals surface area contributed by atoms with Crippen LogP contribution >= 0.6 is 0 Å². The first-order valence-corrected chi connectivity index (χ1v) is 10.8. The average Bonchev–Trinajstić information content (AvgIpc) is 2.73. The van der Waals surface area contributed by atoms with Crippen LogP contribution < -0.4 is 5.32 Å². The summed E-state index contributed by atoms with van der Waals surface area (Å²) in [5.41, 5.74) is -0.943. The van der Waals surface area contributed by atoms with Crippen molar-refractivity contribution in [3.8, 4) is 0 Å². The lowest BCUT2D eigenvalue weighted by Gasteiger charge is -2.33. The number of ether oxygens (including phenoxy) is 1. The van der Waals surface area contributed by atoms with E-state index in [-0.39, 0.29) is 29.5 Å². The predicted octanol–water partition coefficient (Wildman–Crippen LogP) is 0.611. The molecule has 1 saturated heterocycles. The maximum atomic E-state index is 12.8. The second kappa shape index (κ2) is 8.91. The van der Waals surface area contributed by atoms with Crippen LogP contribution in [-0.4, -0.2) is 74.2 Å². The molecule has 10 heteroatoms. The summed E-state index contributed by atoms with van der Waals surface area (Å²) >= 11 is 0. The summed E-state index contributed by atoms with van der Waals surface area (Å²) < 4.78 is 31.7. The van der Waals surface area contributed by atoms with E-state index in [1.807, 2.05) is 0 Å². The van der Waals surface area contributed by atoms with Gasteiger partial charge in [0, 0.05) is 38.7 Å². The van der Waals surface area contributed by atoms with Crippen LogP contribution in [-0.2, 0) is 24.3 Å². The Balaban J connectivity index is 2.12. The normalized spacial score (nSPS) is 17.3. The molecule has 1 aliphatic rings. The Morgan fingerprint density at radius 2 is 1.66 bits per heavy atom. The fourth-order valence-corrected chi connectivity index (χ4v) is 4.42. The van der Waals surface area contributed by atoms with Gasteiger partial charge in [0.1, 0.15) is 5.54 Å². The van der Waals surface area contributed by atoms with Crippen LogP contribution in [0, 0.1) is 0 Å². The van der Waals surface area contributed by atoms with E-state index in [4.69, 9.17) is 4.74 Å². The summed E-state index contributed by atoms with van der Waals surface area (Å²) in [6.45, 7) is 5.90. The molecule has 0 bridgehead atoms. The molecule has 29 heavy (non-hydrogen) atoms. The number of methoxy groups -OCH3 is 1. The minimum atomic E-state index is -3.72. The van der Waals surface area contributed by atoms with Crippen molar-refractivity contribution in [2.24, 2.45) is 0 Å². The molecule has 2 rings (SSSR count). The highest BCUT2D eigenvalue weighted by molar-refractivity contribution is 7.89. The molecule has 9 nitrogen and oxygen atoms in total. The summed E-state index contributed by atoms with van der Waals surface area (Å²) in [6.07, 6.45) is 0.337. The van der Waals surface area contributed by atoms with Gasteiger partial charge >= 0.3 is 5.97 Å². The number of carbonyl (C=O) groups is 3. The number of nitrogens with one attached hydrogen (secondary N) is 1. The molecule has 0 spiro atoms. The molecule has 2 amide bonds. The first-order valence-electron chi connectivity index (χ1n) is 9.32. The Morgan fingerprint density at radius 1 is 1.10 bits per heavy atom. The maximum absolute atomic E-state index is 12.8. The zero-order chi connectivity index (χ0) is 21.8. The average molecular weight is 426 g/mol. The summed E-state index contributed by atoms with van der Waals surface area (Å²) in [7, 11) is -2.47. The Labute approximate surface area is 171 Å². The van der Waals surface area contributed by atoms with E-state index >= 15 is 0 Å². The topological polar surface area (TPSA) is 113 Å². The second-order valence-corrected chi connectivity index (χ2v) is 9.00. The smallest absolute Gasteiger partial charge is 0.331 e. The number of carbonyl (C=O) groups excluding carboxylic acids is 3. The Morgan fingerprint density at radius 3 is 2.10 bits per heavy atom. The fourth-order valence-electron chi connectivity index (χ4n) is 3.00. The number of hydrogen-bond donors (Lipinski definition) is 1. The van der Waals surface area contributed by atoms with Gasteiger partial charge < -0.3 is 15.0 Å². The van der Waals surface area contributed by atoms with Gasteiger partial charge in [0.25, 0.3) is 5.91 Å². The lowest BCUT2D eigenvalue weighted by molar-refractivity contribution is -0.147. The number of benzene rings is 1. The second-order valence-electron chi connectivity index (χ2n) is 7.07. The lowest BCUT2D eigenvalue weighted by atomic mass is 9.98. The highest BCUT2D eigenvalue weighted by Crippen LogP contribution is 2.19. The summed E-state index contributed by atoms with van der Waals surface area (Å²) in [5.74, 6) is -1.14.